The summed E-state index contributed by atoms with van der Waals surface area (Å²) in [6.07, 6.45) is -3.93. The van der Waals surface area contributed by atoms with Gasteiger partial charge in [0.15, 0.2) is 5.69 Å². The number of halogens is 3. The SMILES string of the molecule is CCc1[nH]nc(C(=O)N(CC(C)C)CC(F)(F)F)c1N. The first kappa shape index (κ1) is 16.3. The molecule has 20 heavy (non-hydrogen) atoms. The van der Waals surface area contributed by atoms with E-state index in [1.165, 1.54) is 0 Å². The largest absolute Gasteiger partial charge is 0.406 e. The highest BCUT2D eigenvalue weighted by atomic mass is 19.4. The monoisotopic (exact) mass is 292 g/mol. The molecule has 0 fully saturated rings. The number of aromatic nitrogens is 2. The lowest BCUT2D eigenvalue weighted by atomic mass is 10.2. The van der Waals surface area contributed by atoms with Crippen LogP contribution in [-0.2, 0) is 6.42 Å². The summed E-state index contributed by atoms with van der Waals surface area (Å²) in [7, 11) is 0. The van der Waals surface area contributed by atoms with E-state index in [1.807, 2.05) is 0 Å². The van der Waals surface area contributed by atoms with Crippen LogP contribution in [0.4, 0.5) is 18.9 Å². The van der Waals surface area contributed by atoms with E-state index in [0.717, 1.165) is 4.90 Å². The number of aryl methyl sites for hydroxylation is 1. The smallest absolute Gasteiger partial charge is 0.395 e. The lowest BCUT2D eigenvalue weighted by Crippen LogP contribution is -2.41. The van der Waals surface area contributed by atoms with Crippen LogP contribution >= 0.6 is 0 Å². The van der Waals surface area contributed by atoms with Crippen LogP contribution in [0.2, 0.25) is 0 Å². The highest BCUT2D eigenvalue weighted by Gasteiger charge is 2.35. The maximum atomic E-state index is 12.6. The van der Waals surface area contributed by atoms with Crippen molar-refractivity contribution in [3.05, 3.63) is 11.4 Å². The fourth-order valence-electron chi connectivity index (χ4n) is 1.85. The maximum Gasteiger partial charge on any atom is 0.406 e. The number of amides is 1. The van der Waals surface area contributed by atoms with Crippen molar-refractivity contribution in [1.82, 2.24) is 15.1 Å². The fraction of sp³-hybridized carbons (Fsp3) is 0.667. The van der Waals surface area contributed by atoms with Crippen LogP contribution in [0.25, 0.3) is 0 Å². The lowest BCUT2D eigenvalue weighted by Gasteiger charge is -2.25. The van der Waals surface area contributed by atoms with E-state index >= 15 is 0 Å². The molecular weight excluding hydrogens is 273 g/mol. The molecule has 0 saturated carbocycles. The zero-order valence-electron chi connectivity index (χ0n) is 11.7. The minimum Gasteiger partial charge on any atom is -0.395 e. The number of nitrogens with one attached hydrogen (secondary N) is 1. The molecule has 5 nitrogen and oxygen atoms in total. The molecule has 0 radical (unpaired) electrons. The Morgan fingerprint density at radius 3 is 2.45 bits per heavy atom. The summed E-state index contributed by atoms with van der Waals surface area (Å²) >= 11 is 0. The highest BCUT2D eigenvalue weighted by Crippen LogP contribution is 2.21. The van der Waals surface area contributed by atoms with E-state index < -0.39 is 18.6 Å². The molecule has 1 heterocycles. The molecule has 0 aromatic carbocycles. The quantitative estimate of drug-likeness (QED) is 0.873. The summed E-state index contributed by atoms with van der Waals surface area (Å²) < 4.78 is 37.7. The average molecular weight is 292 g/mol. The summed E-state index contributed by atoms with van der Waals surface area (Å²) in [5.41, 5.74) is 6.24. The summed E-state index contributed by atoms with van der Waals surface area (Å²) in [5, 5.41) is 6.31. The molecule has 1 aromatic heterocycles. The van der Waals surface area contributed by atoms with Gasteiger partial charge in [-0.2, -0.15) is 18.3 Å². The number of nitrogens with two attached hydrogens (primary N) is 1. The molecule has 114 valence electrons. The molecular formula is C12H19F3N4O. The lowest BCUT2D eigenvalue weighted by molar-refractivity contribution is -0.141. The maximum absolute atomic E-state index is 12.6. The minimum absolute atomic E-state index is 0.00784. The Kier molecular flexibility index (Phi) is 5.02. The second-order valence-electron chi connectivity index (χ2n) is 5.01. The molecule has 0 aliphatic rings. The number of rotatable bonds is 5. The second-order valence-corrected chi connectivity index (χ2v) is 5.01. The van der Waals surface area contributed by atoms with Gasteiger partial charge in [-0.25, -0.2) is 0 Å². The number of H-pyrrole nitrogens is 1. The molecule has 1 rings (SSSR count). The molecule has 1 aromatic rings. The Morgan fingerprint density at radius 2 is 2.05 bits per heavy atom. The van der Waals surface area contributed by atoms with Gasteiger partial charge in [-0.1, -0.05) is 20.8 Å². The van der Waals surface area contributed by atoms with Gasteiger partial charge < -0.3 is 10.6 Å². The Hall–Kier alpha value is -1.73. The summed E-state index contributed by atoms with van der Waals surface area (Å²) in [4.78, 5) is 12.9. The normalized spacial score (nSPS) is 11.9. The van der Waals surface area contributed by atoms with Gasteiger partial charge in [0.2, 0.25) is 0 Å². The van der Waals surface area contributed by atoms with E-state index in [4.69, 9.17) is 5.73 Å². The number of hydrogen-bond donors (Lipinski definition) is 2. The molecule has 0 saturated heterocycles. The number of hydrogen-bond acceptors (Lipinski definition) is 3. The predicted octanol–water partition coefficient (Wildman–Crippen LogP) is 2.21. The zero-order valence-corrected chi connectivity index (χ0v) is 11.7. The molecule has 0 aliphatic carbocycles. The van der Waals surface area contributed by atoms with Gasteiger partial charge >= 0.3 is 6.18 Å². The van der Waals surface area contributed by atoms with E-state index in [-0.39, 0.29) is 23.8 Å². The zero-order chi connectivity index (χ0) is 15.5. The van der Waals surface area contributed by atoms with Crippen molar-refractivity contribution in [1.29, 1.82) is 0 Å². The van der Waals surface area contributed by atoms with E-state index in [0.29, 0.717) is 12.1 Å². The van der Waals surface area contributed by atoms with Crippen molar-refractivity contribution < 1.29 is 18.0 Å². The first-order chi connectivity index (χ1) is 9.15. The molecule has 0 bridgehead atoms. The number of aromatic amines is 1. The number of alkyl halides is 3. The molecule has 1 amide bonds. The van der Waals surface area contributed by atoms with Crippen LogP contribution in [0.3, 0.4) is 0 Å². The van der Waals surface area contributed by atoms with Crippen molar-refractivity contribution in [3.63, 3.8) is 0 Å². The molecule has 8 heteroatoms. The standard InChI is InChI=1S/C12H19F3N4O/c1-4-8-9(16)10(18-17-8)11(20)19(5-7(2)3)6-12(13,14)15/h7H,4-6,16H2,1-3H3,(H,17,18). The molecule has 0 atom stereocenters. The van der Waals surface area contributed by atoms with E-state index in [9.17, 15) is 18.0 Å². The number of anilines is 1. The number of nitrogen functional groups attached to an aromatic ring is 1. The summed E-state index contributed by atoms with van der Waals surface area (Å²) in [6, 6.07) is 0. The van der Waals surface area contributed by atoms with Crippen molar-refractivity contribution in [2.45, 2.75) is 33.4 Å². The van der Waals surface area contributed by atoms with Crippen LogP contribution in [0, 0.1) is 5.92 Å². The van der Waals surface area contributed by atoms with Gasteiger partial charge in [0.1, 0.15) is 6.54 Å². The van der Waals surface area contributed by atoms with Crippen LogP contribution in [-0.4, -0.2) is 40.3 Å². The van der Waals surface area contributed by atoms with Crippen LogP contribution < -0.4 is 5.73 Å². The first-order valence-electron chi connectivity index (χ1n) is 6.34. The van der Waals surface area contributed by atoms with Crippen molar-refractivity contribution >= 4 is 11.6 Å². The Bertz CT molecular complexity index is 468. The highest BCUT2D eigenvalue weighted by molar-refractivity contribution is 5.97. The van der Waals surface area contributed by atoms with E-state index in [1.54, 1.807) is 20.8 Å². The summed E-state index contributed by atoms with van der Waals surface area (Å²) in [6.45, 7) is 3.97. The third kappa shape index (κ3) is 4.14. The Morgan fingerprint density at radius 1 is 1.45 bits per heavy atom. The molecule has 0 aliphatic heterocycles. The number of nitrogens with zero attached hydrogens (tertiary/aromatic N) is 2. The Labute approximate surface area is 115 Å². The van der Waals surface area contributed by atoms with Crippen molar-refractivity contribution in [3.8, 4) is 0 Å². The van der Waals surface area contributed by atoms with Crippen LogP contribution in [0.5, 0.6) is 0 Å². The first-order valence-corrected chi connectivity index (χ1v) is 6.34. The van der Waals surface area contributed by atoms with Gasteiger partial charge in [0.25, 0.3) is 5.91 Å². The molecule has 0 spiro atoms. The number of carbonyl (C=O) groups excluding carboxylic acids is 1. The summed E-state index contributed by atoms with van der Waals surface area (Å²) in [5.74, 6) is -0.892. The van der Waals surface area contributed by atoms with Crippen molar-refractivity contribution in [2.24, 2.45) is 5.92 Å². The Balaban J connectivity index is 3.00. The predicted molar refractivity (Wildman–Crippen MR) is 69.2 cm³/mol. The third-order valence-corrected chi connectivity index (χ3v) is 2.68. The molecule has 0 unspecified atom stereocenters. The van der Waals surface area contributed by atoms with Crippen LogP contribution in [0.1, 0.15) is 37.0 Å². The van der Waals surface area contributed by atoms with Gasteiger partial charge in [0, 0.05) is 6.54 Å². The second kappa shape index (κ2) is 6.15. The number of carbonyl (C=O) groups is 1. The van der Waals surface area contributed by atoms with Gasteiger partial charge in [-0.3, -0.25) is 9.89 Å². The van der Waals surface area contributed by atoms with Crippen LogP contribution in [0.15, 0.2) is 0 Å². The van der Waals surface area contributed by atoms with Gasteiger partial charge in [-0.05, 0) is 12.3 Å². The fourth-order valence-corrected chi connectivity index (χ4v) is 1.85. The third-order valence-electron chi connectivity index (χ3n) is 2.68. The van der Waals surface area contributed by atoms with E-state index in [2.05, 4.69) is 10.2 Å². The molecule has 3 N–H and O–H groups in total. The van der Waals surface area contributed by atoms with Crippen molar-refractivity contribution in [2.75, 3.05) is 18.8 Å². The van der Waals surface area contributed by atoms with Gasteiger partial charge in [-0.15, -0.1) is 0 Å². The average Bonchev–Trinajstić information content (AvgIpc) is 2.66. The minimum atomic E-state index is -4.46. The van der Waals surface area contributed by atoms with Gasteiger partial charge in [0.05, 0.1) is 11.4 Å². The topological polar surface area (TPSA) is 75.0 Å².